The molecule has 23 heavy (non-hydrogen) atoms. The van der Waals surface area contributed by atoms with Crippen molar-refractivity contribution in [2.24, 2.45) is 0 Å². The van der Waals surface area contributed by atoms with Gasteiger partial charge in [0.15, 0.2) is 5.78 Å². The molecule has 0 unspecified atom stereocenters. The molecule has 118 valence electrons. The molecule has 0 aromatic heterocycles. The summed E-state index contributed by atoms with van der Waals surface area (Å²) in [6.45, 7) is 0.509. The summed E-state index contributed by atoms with van der Waals surface area (Å²) in [6.07, 6.45) is 0.571. The second-order valence-corrected chi connectivity index (χ2v) is 5.36. The van der Waals surface area contributed by atoms with Crippen LogP contribution in [0.5, 0.6) is 11.5 Å². The Morgan fingerprint density at radius 1 is 1.22 bits per heavy atom. The summed E-state index contributed by atoms with van der Waals surface area (Å²) in [4.78, 5) is 23.7. The van der Waals surface area contributed by atoms with Gasteiger partial charge in [-0.05, 0) is 41.5 Å². The van der Waals surface area contributed by atoms with Crippen LogP contribution in [-0.4, -0.2) is 30.6 Å². The van der Waals surface area contributed by atoms with Gasteiger partial charge in [-0.25, -0.2) is 0 Å². The Hall–Kier alpha value is -2.82. The van der Waals surface area contributed by atoms with Gasteiger partial charge in [-0.2, -0.15) is 0 Å². The quantitative estimate of drug-likeness (QED) is 0.859. The van der Waals surface area contributed by atoms with Gasteiger partial charge in [0.05, 0.1) is 25.7 Å². The molecule has 2 aromatic carbocycles. The van der Waals surface area contributed by atoms with Crippen LogP contribution in [0, 0.1) is 0 Å². The first-order chi connectivity index (χ1) is 11.1. The molecule has 0 spiro atoms. The fourth-order valence-corrected chi connectivity index (χ4v) is 2.72. The van der Waals surface area contributed by atoms with Crippen molar-refractivity contribution in [1.29, 1.82) is 0 Å². The first-order valence-corrected chi connectivity index (χ1v) is 7.27. The van der Waals surface area contributed by atoms with Crippen molar-refractivity contribution in [2.45, 2.75) is 12.8 Å². The van der Waals surface area contributed by atoms with Gasteiger partial charge in [0.25, 0.3) is 0 Å². The van der Waals surface area contributed by atoms with E-state index in [1.807, 2.05) is 0 Å². The van der Waals surface area contributed by atoms with Crippen molar-refractivity contribution in [2.75, 3.05) is 13.7 Å². The van der Waals surface area contributed by atoms with Crippen LogP contribution in [0.3, 0.4) is 0 Å². The van der Waals surface area contributed by atoms with E-state index in [4.69, 9.17) is 14.6 Å². The maximum atomic E-state index is 12.8. The van der Waals surface area contributed by atoms with E-state index in [1.54, 1.807) is 43.5 Å². The third-order valence-corrected chi connectivity index (χ3v) is 3.80. The van der Waals surface area contributed by atoms with Gasteiger partial charge >= 0.3 is 5.97 Å². The van der Waals surface area contributed by atoms with E-state index in [1.165, 1.54) is 0 Å². The normalized spacial score (nSPS) is 12.4. The third kappa shape index (κ3) is 3.04. The lowest BCUT2D eigenvalue weighted by Crippen LogP contribution is -2.07. The number of carboxylic acid groups (broad SMARTS) is 1. The maximum absolute atomic E-state index is 12.8. The average Bonchev–Trinajstić information content (AvgIpc) is 3.01. The lowest BCUT2D eigenvalue weighted by Gasteiger charge is -2.10. The maximum Gasteiger partial charge on any atom is 0.307 e. The molecule has 1 N–H and O–H groups in total. The molecule has 0 fully saturated rings. The molecule has 0 amide bonds. The Morgan fingerprint density at radius 2 is 1.96 bits per heavy atom. The highest BCUT2D eigenvalue weighted by atomic mass is 16.5. The Morgan fingerprint density at radius 3 is 2.61 bits per heavy atom. The summed E-state index contributed by atoms with van der Waals surface area (Å²) >= 11 is 0. The molecular weight excluding hydrogens is 296 g/mol. The molecule has 0 radical (unpaired) electrons. The number of benzene rings is 2. The molecule has 0 saturated heterocycles. The van der Waals surface area contributed by atoms with Crippen LogP contribution in [0.25, 0.3) is 0 Å². The SMILES string of the molecule is COc1ccc(C(=O)c2cc(CC(=O)O)cc3c2OCC3)cc1. The molecule has 5 heteroatoms. The van der Waals surface area contributed by atoms with E-state index >= 15 is 0 Å². The lowest BCUT2D eigenvalue weighted by molar-refractivity contribution is -0.136. The van der Waals surface area contributed by atoms with Gasteiger partial charge < -0.3 is 14.6 Å². The Bertz CT molecular complexity index is 762. The predicted octanol–water partition coefficient (Wildman–Crippen LogP) is 2.49. The van der Waals surface area contributed by atoms with Crippen molar-refractivity contribution in [3.63, 3.8) is 0 Å². The zero-order valence-electron chi connectivity index (χ0n) is 12.7. The number of fused-ring (bicyclic) bond motifs is 1. The first kappa shape index (κ1) is 15.1. The van der Waals surface area contributed by atoms with Gasteiger partial charge in [0.1, 0.15) is 11.5 Å². The molecule has 2 aromatic rings. The summed E-state index contributed by atoms with van der Waals surface area (Å²) < 4.78 is 10.7. The number of carbonyl (C=O) groups is 2. The minimum atomic E-state index is -0.924. The molecule has 3 rings (SSSR count). The van der Waals surface area contributed by atoms with Crippen LogP contribution >= 0.6 is 0 Å². The van der Waals surface area contributed by atoms with Gasteiger partial charge in [0.2, 0.25) is 0 Å². The van der Waals surface area contributed by atoms with E-state index in [0.29, 0.717) is 41.2 Å². The number of rotatable bonds is 5. The minimum absolute atomic E-state index is 0.115. The lowest BCUT2D eigenvalue weighted by atomic mass is 9.96. The van der Waals surface area contributed by atoms with Crippen molar-refractivity contribution in [3.8, 4) is 11.5 Å². The molecule has 0 atom stereocenters. The number of hydrogen-bond acceptors (Lipinski definition) is 4. The van der Waals surface area contributed by atoms with Crippen molar-refractivity contribution < 1.29 is 24.2 Å². The van der Waals surface area contributed by atoms with Crippen LogP contribution < -0.4 is 9.47 Å². The monoisotopic (exact) mass is 312 g/mol. The predicted molar refractivity (Wildman–Crippen MR) is 83.4 cm³/mol. The number of aliphatic carboxylic acids is 1. The third-order valence-electron chi connectivity index (χ3n) is 3.80. The Kier molecular flexibility index (Phi) is 4.02. The number of ketones is 1. The highest BCUT2D eigenvalue weighted by Gasteiger charge is 2.23. The molecule has 0 aliphatic carbocycles. The smallest absolute Gasteiger partial charge is 0.307 e. The first-order valence-electron chi connectivity index (χ1n) is 7.27. The summed E-state index contributed by atoms with van der Waals surface area (Å²) in [7, 11) is 1.56. The largest absolute Gasteiger partial charge is 0.497 e. The summed E-state index contributed by atoms with van der Waals surface area (Å²) in [6, 6.07) is 10.2. The number of hydrogen-bond donors (Lipinski definition) is 1. The van der Waals surface area contributed by atoms with E-state index < -0.39 is 5.97 Å². The number of ether oxygens (including phenoxy) is 2. The standard InChI is InChI=1S/C18H16O5/c1-22-14-4-2-12(3-5-14)17(21)15-9-11(10-16(19)20)8-13-6-7-23-18(13)15/h2-5,8-9H,6-7,10H2,1H3,(H,19,20). The van der Waals surface area contributed by atoms with E-state index in [2.05, 4.69) is 0 Å². The van der Waals surface area contributed by atoms with Gasteiger partial charge in [0, 0.05) is 12.0 Å². The molecule has 1 aliphatic heterocycles. The van der Waals surface area contributed by atoms with E-state index in [0.717, 1.165) is 5.56 Å². The second-order valence-electron chi connectivity index (χ2n) is 5.36. The number of carbonyl (C=O) groups excluding carboxylic acids is 1. The van der Waals surface area contributed by atoms with Crippen molar-refractivity contribution >= 4 is 11.8 Å². The molecule has 0 saturated carbocycles. The highest BCUT2D eigenvalue weighted by molar-refractivity contribution is 6.11. The van der Waals surface area contributed by atoms with Crippen LogP contribution in [0.4, 0.5) is 0 Å². The molecule has 0 bridgehead atoms. The van der Waals surface area contributed by atoms with Gasteiger partial charge in [-0.1, -0.05) is 6.07 Å². The minimum Gasteiger partial charge on any atom is -0.497 e. The van der Waals surface area contributed by atoms with Crippen LogP contribution in [-0.2, 0) is 17.6 Å². The summed E-state index contributed by atoms with van der Waals surface area (Å²) in [5.41, 5.74) is 2.43. The van der Waals surface area contributed by atoms with E-state index in [9.17, 15) is 9.59 Å². The fraction of sp³-hybridized carbons (Fsp3) is 0.222. The van der Waals surface area contributed by atoms with Crippen molar-refractivity contribution in [3.05, 3.63) is 58.7 Å². The molecule has 1 aliphatic rings. The van der Waals surface area contributed by atoms with Crippen molar-refractivity contribution in [1.82, 2.24) is 0 Å². The summed E-state index contributed by atoms with van der Waals surface area (Å²) in [5.74, 6) is 0.132. The summed E-state index contributed by atoms with van der Waals surface area (Å²) in [5, 5.41) is 8.99. The second kappa shape index (κ2) is 6.12. The molecule has 5 nitrogen and oxygen atoms in total. The number of carboxylic acids is 1. The fourth-order valence-electron chi connectivity index (χ4n) is 2.72. The van der Waals surface area contributed by atoms with Crippen LogP contribution in [0.2, 0.25) is 0 Å². The Balaban J connectivity index is 2.01. The molecule has 1 heterocycles. The zero-order chi connectivity index (χ0) is 16.4. The number of methoxy groups -OCH3 is 1. The topological polar surface area (TPSA) is 72.8 Å². The molecular formula is C18H16O5. The average molecular weight is 312 g/mol. The zero-order valence-corrected chi connectivity index (χ0v) is 12.7. The highest BCUT2D eigenvalue weighted by Crippen LogP contribution is 2.33. The Labute approximate surface area is 133 Å². The van der Waals surface area contributed by atoms with Crippen LogP contribution in [0.1, 0.15) is 27.0 Å². The van der Waals surface area contributed by atoms with E-state index in [-0.39, 0.29) is 12.2 Å². The van der Waals surface area contributed by atoms with Gasteiger partial charge in [-0.3, -0.25) is 9.59 Å². The van der Waals surface area contributed by atoms with Crippen LogP contribution in [0.15, 0.2) is 36.4 Å². The van der Waals surface area contributed by atoms with Gasteiger partial charge in [-0.15, -0.1) is 0 Å².